The zero-order chi connectivity index (χ0) is 18.1. The number of rotatable bonds is 8. The molecule has 0 saturated heterocycles. The van der Waals surface area contributed by atoms with Crippen LogP contribution in [0.4, 0.5) is 10.5 Å². The van der Waals surface area contributed by atoms with Crippen LogP contribution in [-0.2, 0) is 4.79 Å². The molecule has 1 rings (SSSR count). The van der Waals surface area contributed by atoms with Crippen molar-refractivity contribution < 1.29 is 9.59 Å². The summed E-state index contributed by atoms with van der Waals surface area (Å²) in [7, 11) is 0. The van der Waals surface area contributed by atoms with E-state index in [0.29, 0.717) is 18.0 Å². The SMILES string of the molecule is CCC[C@H](C)NC(=O)[C@H](CC(C)C)NC(=O)Nc1ccc(Br)cc1. The molecule has 0 saturated carbocycles. The molecular formula is C18H28BrN3O2. The third-order valence-electron chi connectivity index (χ3n) is 3.54. The van der Waals surface area contributed by atoms with Gasteiger partial charge in [0.2, 0.25) is 5.91 Å². The minimum atomic E-state index is -0.542. The van der Waals surface area contributed by atoms with Crippen LogP contribution in [-0.4, -0.2) is 24.0 Å². The van der Waals surface area contributed by atoms with Gasteiger partial charge in [0.25, 0.3) is 0 Å². The van der Waals surface area contributed by atoms with Crippen LogP contribution in [0.25, 0.3) is 0 Å². The maximum absolute atomic E-state index is 12.4. The number of benzene rings is 1. The molecule has 0 heterocycles. The predicted octanol–water partition coefficient (Wildman–Crippen LogP) is 4.29. The second kappa shape index (κ2) is 10.3. The van der Waals surface area contributed by atoms with E-state index < -0.39 is 6.04 Å². The third-order valence-corrected chi connectivity index (χ3v) is 4.07. The van der Waals surface area contributed by atoms with Crippen molar-refractivity contribution in [1.29, 1.82) is 0 Å². The highest BCUT2D eigenvalue weighted by molar-refractivity contribution is 9.10. The largest absolute Gasteiger partial charge is 0.352 e. The van der Waals surface area contributed by atoms with Crippen LogP contribution in [0.5, 0.6) is 0 Å². The van der Waals surface area contributed by atoms with Crippen molar-refractivity contribution in [2.45, 2.75) is 59.0 Å². The molecular weight excluding hydrogens is 370 g/mol. The van der Waals surface area contributed by atoms with Crippen molar-refractivity contribution in [3.8, 4) is 0 Å². The number of carbonyl (C=O) groups is 2. The summed E-state index contributed by atoms with van der Waals surface area (Å²) < 4.78 is 0.940. The van der Waals surface area contributed by atoms with Crippen LogP contribution in [0, 0.1) is 5.92 Å². The fourth-order valence-corrected chi connectivity index (χ4v) is 2.67. The van der Waals surface area contributed by atoms with Gasteiger partial charge in [0, 0.05) is 16.2 Å². The molecule has 0 radical (unpaired) electrons. The molecule has 1 aromatic carbocycles. The number of nitrogens with one attached hydrogen (secondary N) is 3. The van der Waals surface area contributed by atoms with Crippen molar-refractivity contribution in [1.82, 2.24) is 10.6 Å². The Morgan fingerprint density at radius 1 is 1.08 bits per heavy atom. The highest BCUT2D eigenvalue weighted by Gasteiger charge is 2.23. The van der Waals surface area contributed by atoms with Gasteiger partial charge in [-0.2, -0.15) is 0 Å². The molecule has 0 aliphatic carbocycles. The van der Waals surface area contributed by atoms with E-state index in [9.17, 15) is 9.59 Å². The van der Waals surface area contributed by atoms with Gasteiger partial charge in [-0.15, -0.1) is 0 Å². The lowest BCUT2D eigenvalue weighted by atomic mass is 10.0. The van der Waals surface area contributed by atoms with Crippen molar-refractivity contribution in [3.63, 3.8) is 0 Å². The minimum Gasteiger partial charge on any atom is -0.352 e. The minimum absolute atomic E-state index is 0.105. The van der Waals surface area contributed by atoms with Gasteiger partial charge in [-0.05, 0) is 49.9 Å². The number of amides is 3. The van der Waals surface area contributed by atoms with Gasteiger partial charge in [-0.1, -0.05) is 43.1 Å². The second-order valence-electron chi connectivity index (χ2n) is 6.49. The summed E-state index contributed by atoms with van der Waals surface area (Å²) in [6, 6.07) is 6.48. The molecule has 0 aliphatic rings. The second-order valence-corrected chi connectivity index (χ2v) is 7.40. The summed E-state index contributed by atoms with van der Waals surface area (Å²) in [4.78, 5) is 24.6. The molecule has 2 atom stereocenters. The Morgan fingerprint density at radius 3 is 2.25 bits per heavy atom. The van der Waals surface area contributed by atoms with Crippen LogP contribution >= 0.6 is 15.9 Å². The number of anilines is 1. The zero-order valence-corrected chi connectivity index (χ0v) is 16.4. The molecule has 0 bridgehead atoms. The van der Waals surface area contributed by atoms with Gasteiger partial charge in [-0.3, -0.25) is 4.79 Å². The zero-order valence-electron chi connectivity index (χ0n) is 14.9. The fourth-order valence-electron chi connectivity index (χ4n) is 2.41. The first kappa shape index (κ1) is 20.5. The predicted molar refractivity (Wildman–Crippen MR) is 102 cm³/mol. The Hall–Kier alpha value is -1.56. The standard InChI is InChI=1S/C18H28BrN3O2/c1-5-6-13(4)20-17(23)16(11-12(2)3)22-18(24)21-15-9-7-14(19)8-10-15/h7-10,12-13,16H,5-6,11H2,1-4H3,(H,20,23)(H2,21,22,24)/t13-,16-/m0/s1. The first-order valence-corrected chi connectivity index (χ1v) is 9.24. The van der Waals surface area contributed by atoms with Crippen molar-refractivity contribution in [2.75, 3.05) is 5.32 Å². The summed E-state index contributed by atoms with van der Waals surface area (Å²) in [5, 5.41) is 8.52. The van der Waals surface area contributed by atoms with E-state index in [4.69, 9.17) is 0 Å². The van der Waals surface area contributed by atoms with Gasteiger partial charge in [-0.25, -0.2) is 4.79 Å². The Morgan fingerprint density at radius 2 is 1.71 bits per heavy atom. The highest BCUT2D eigenvalue weighted by atomic mass is 79.9. The average molecular weight is 398 g/mol. The van der Waals surface area contributed by atoms with Gasteiger partial charge in [0.05, 0.1) is 0 Å². The van der Waals surface area contributed by atoms with E-state index in [1.165, 1.54) is 0 Å². The van der Waals surface area contributed by atoms with Crippen molar-refractivity contribution in [2.24, 2.45) is 5.92 Å². The summed E-state index contributed by atoms with van der Waals surface area (Å²) in [6.07, 6.45) is 2.53. The lowest BCUT2D eigenvalue weighted by Crippen LogP contribution is -2.50. The first-order chi connectivity index (χ1) is 11.3. The maximum Gasteiger partial charge on any atom is 0.319 e. The van der Waals surface area contributed by atoms with E-state index >= 15 is 0 Å². The van der Waals surface area contributed by atoms with Crippen LogP contribution in [0.1, 0.15) is 47.0 Å². The monoisotopic (exact) mass is 397 g/mol. The quantitative estimate of drug-likeness (QED) is 0.612. The molecule has 0 aliphatic heterocycles. The fraction of sp³-hybridized carbons (Fsp3) is 0.556. The molecule has 3 N–H and O–H groups in total. The molecule has 24 heavy (non-hydrogen) atoms. The van der Waals surface area contributed by atoms with E-state index in [1.807, 2.05) is 32.9 Å². The Balaban J connectivity index is 2.65. The van der Waals surface area contributed by atoms with Gasteiger partial charge < -0.3 is 16.0 Å². The van der Waals surface area contributed by atoms with Crippen molar-refractivity contribution in [3.05, 3.63) is 28.7 Å². The summed E-state index contributed by atoms with van der Waals surface area (Å²) in [6.45, 7) is 8.13. The van der Waals surface area contributed by atoms with Crippen molar-refractivity contribution >= 4 is 33.6 Å². The molecule has 0 spiro atoms. The van der Waals surface area contributed by atoms with Crippen LogP contribution in [0.15, 0.2) is 28.7 Å². The lowest BCUT2D eigenvalue weighted by Gasteiger charge is -2.22. The van der Waals surface area contributed by atoms with Crippen LogP contribution in [0.2, 0.25) is 0 Å². The molecule has 6 heteroatoms. The summed E-state index contributed by atoms with van der Waals surface area (Å²) in [5.41, 5.74) is 0.679. The topological polar surface area (TPSA) is 70.2 Å². The third kappa shape index (κ3) is 7.81. The Labute approximate surface area is 153 Å². The number of halogens is 1. The number of urea groups is 1. The lowest BCUT2D eigenvalue weighted by molar-refractivity contribution is -0.123. The average Bonchev–Trinajstić information content (AvgIpc) is 2.48. The van der Waals surface area contributed by atoms with Crippen LogP contribution in [0.3, 0.4) is 0 Å². The maximum atomic E-state index is 12.4. The van der Waals surface area contributed by atoms with E-state index in [-0.39, 0.29) is 18.0 Å². The van der Waals surface area contributed by atoms with E-state index in [0.717, 1.165) is 17.3 Å². The summed E-state index contributed by atoms with van der Waals surface area (Å²) >= 11 is 3.35. The Bertz CT molecular complexity index is 532. The molecule has 0 unspecified atom stereocenters. The Kier molecular flexibility index (Phi) is 8.82. The molecule has 0 aromatic heterocycles. The molecule has 5 nitrogen and oxygen atoms in total. The van der Waals surface area contributed by atoms with Gasteiger partial charge in [0.1, 0.15) is 6.04 Å². The number of carbonyl (C=O) groups excluding carboxylic acids is 2. The summed E-state index contributed by atoms with van der Waals surface area (Å²) in [5.74, 6) is 0.172. The normalized spacial score (nSPS) is 13.2. The van der Waals surface area contributed by atoms with E-state index in [2.05, 4.69) is 38.8 Å². The van der Waals surface area contributed by atoms with Crippen LogP contribution < -0.4 is 16.0 Å². The molecule has 134 valence electrons. The smallest absolute Gasteiger partial charge is 0.319 e. The van der Waals surface area contributed by atoms with E-state index in [1.54, 1.807) is 12.1 Å². The first-order valence-electron chi connectivity index (χ1n) is 8.45. The molecule has 3 amide bonds. The molecule has 1 aromatic rings. The number of hydrogen-bond acceptors (Lipinski definition) is 2. The highest BCUT2D eigenvalue weighted by Crippen LogP contribution is 2.14. The molecule has 0 fully saturated rings. The van der Waals surface area contributed by atoms with Gasteiger partial charge in [0.15, 0.2) is 0 Å². The number of hydrogen-bond donors (Lipinski definition) is 3. The van der Waals surface area contributed by atoms with Gasteiger partial charge >= 0.3 is 6.03 Å².